The number of aromatic nitrogens is 4. The van der Waals surface area contributed by atoms with Gasteiger partial charge in [-0.2, -0.15) is 0 Å². The number of fused-ring (bicyclic) bond motifs is 12. The summed E-state index contributed by atoms with van der Waals surface area (Å²) >= 11 is 0. The Morgan fingerprint density at radius 2 is 0.886 bits per heavy atom. The molecule has 0 saturated carbocycles. The molecule has 0 amide bonds. The number of phenols is 5. The third-order valence-corrected chi connectivity index (χ3v) is 13.6. The summed E-state index contributed by atoms with van der Waals surface area (Å²) in [6, 6.07) is 59.0. The van der Waals surface area contributed by atoms with Crippen LogP contribution in [0.25, 0.3) is 138 Å². The summed E-state index contributed by atoms with van der Waals surface area (Å²) in [7, 11) is 0. The highest BCUT2D eigenvalue weighted by Gasteiger charge is 2.28. The monoisotopic (exact) mass is 910 g/mol. The van der Waals surface area contributed by atoms with Gasteiger partial charge in [0.25, 0.3) is 0 Å². The van der Waals surface area contributed by atoms with Crippen molar-refractivity contribution < 1.29 is 34.4 Å². The summed E-state index contributed by atoms with van der Waals surface area (Å²) in [4.78, 5) is 14.3. The number of phenolic OH excluding ortho intramolecular Hbond substituents is 5. The van der Waals surface area contributed by atoms with Crippen molar-refractivity contribution in [3.8, 4) is 79.7 Å². The molecule has 0 aliphatic heterocycles. The van der Waals surface area contributed by atoms with Crippen LogP contribution < -0.4 is 0 Å². The minimum atomic E-state index is -1.09. The molecule has 14 aromatic rings. The normalized spacial score (nSPS) is 12.0. The number of hydrogen-bond acceptors (Lipinski definition) is 10. The molecule has 0 fully saturated rings. The molecule has 0 aliphatic carbocycles. The van der Waals surface area contributed by atoms with Crippen molar-refractivity contribution >= 4 is 87.2 Å². The van der Waals surface area contributed by atoms with Gasteiger partial charge in [-0.25, -0.2) is 15.0 Å². The smallest absolute Gasteiger partial charge is 0.208 e. The molecule has 0 radical (unpaired) electrons. The van der Waals surface area contributed by atoms with Crippen LogP contribution in [0.5, 0.6) is 28.7 Å². The zero-order valence-corrected chi connectivity index (χ0v) is 36.6. The van der Waals surface area contributed by atoms with Crippen molar-refractivity contribution in [2.45, 2.75) is 0 Å². The van der Waals surface area contributed by atoms with E-state index in [2.05, 4.69) is 99.5 Å². The van der Waals surface area contributed by atoms with Crippen molar-refractivity contribution in [3.63, 3.8) is 0 Å². The number of nitrogens with zero attached hydrogens (tertiary/aromatic N) is 4. The lowest BCUT2D eigenvalue weighted by Gasteiger charge is -2.13. The lowest BCUT2D eigenvalue weighted by molar-refractivity contribution is 0.329. The van der Waals surface area contributed by atoms with Gasteiger partial charge in [0.05, 0.1) is 22.1 Å². The van der Waals surface area contributed by atoms with Gasteiger partial charge in [-0.3, -0.25) is 0 Å². The summed E-state index contributed by atoms with van der Waals surface area (Å²) in [5.41, 5.74) is 8.60. The summed E-state index contributed by atoms with van der Waals surface area (Å²) < 4.78 is 15.3. The Hall–Kier alpha value is -9.87. The quantitative estimate of drug-likeness (QED) is 0.0636. The van der Waals surface area contributed by atoms with Crippen LogP contribution in [-0.2, 0) is 0 Å². The van der Waals surface area contributed by atoms with Crippen LogP contribution in [0.3, 0.4) is 0 Å². The number of hydrogen-bond donors (Lipinski definition) is 5. The van der Waals surface area contributed by atoms with Gasteiger partial charge in [0, 0.05) is 38.1 Å². The second kappa shape index (κ2) is 14.6. The summed E-state index contributed by atoms with van der Waals surface area (Å²) in [5.74, 6) is -4.99. The van der Waals surface area contributed by atoms with Gasteiger partial charge in [-0.1, -0.05) is 115 Å². The Bertz CT molecular complexity index is 4540. The average molecular weight is 911 g/mol. The minimum absolute atomic E-state index is 0.141. The fourth-order valence-electron chi connectivity index (χ4n) is 10.3. The van der Waals surface area contributed by atoms with Crippen molar-refractivity contribution in [1.29, 1.82) is 0 Å². The Morgan fingerprint density at radius 3 is 1.71 bits per heavy atom. The Labute approximate surface area is 395 Å². The first-order valence-corrected chi connectivity index (χ1v) is 22.5. The SMILES string of the molecule is Oc1c(O)c(O)c(-c2nc(-c3ccc4c(ccc5ccccc54)c3)nc(-c3ccc4c(c3)oc3cccc(-n5c6ccccc6c6c(-c7ccc8c(c7)oc7ccccc78)cccc65)c34)n2)c(O)c1O. The van der Waals surface area contributed by atoms with Gasteiger partial charge in [0.15, 0.2) is 29.0 Å². The molecular formula is C59H34N4O7. The minimum Gasteiger partial charge on any atom is -0.504 e. The lowest BCUT2D eigenvalue weighted by Crippen LogP contribution is -2.01. The van der Waals surface area contributed by atoms with E-state index >= 15 is 0 Å². The van der Waals surface area contributed by atoms with E-state index in [0.717, 1.165) is 92.9 Å². The maximum absolute atomic E-state index is 11.1. The third-order valence-electron chi connectivity index (χ3n) is 13.6. The largest absolute Gasteiger partial charge is 0.504 e. The first kappa shape index (κ1) is 39.3. The van der Waals surface area contributed by atoms with E-state index in [9.17, 15) is 25.5 Å². The van der Waals surface area contributed by atoms with E-state index in [1.54, 1.807) is 0 Å². The Kier molecular flexibility index (Phi) is 8.18. The second-order valence-electron chi connectivity index (χ2n) is 17.5. The topological polar surface area (TPSA) is 171 Å². The van der Waals surface area contributed by atoms with Gasteiger partial charge in [-0.05, 0) is 93.3 Å². The van der Waals surface area contributed by atoms with E-state index in [1.807, 2.05) is 91.0 Å². The molecule has 4 heterocycles. The molecule has 11 nitrogen and oxygen atoms in total. The van der Waals surface area contributed by atoms with Crippen LogP contribution in [-0.4, -0.2) is 45.1 Å². The molecule has 0 unspecified atom stereocenters. The number of rotatable bonds is 5. The molecule has 0 spiro atoms. The van der Waals surface area contributed by atoms with Crippen LogP contribution in [0.15, 0.2) is 185 Å². The highest BCUT2D eigenvalue weighted by Crippen LogP contribution is 2.54. The Balaban J connectivity index is 0.942. The van der Waals surface area contributed by atoms with Gasteiger partial charge in [0.2, 0.25) is 17.2 Å². The van der Waals surface area contributed by atoms with Crippen molar-refractivity contribution in [3.05, 3.63) is 176 Å². The molecule has 5 N–H and O–H groups in total. The molecule has 11 heteroatoms. The van der Waals surface area contributed by atoms with E-state index in [4.69, 9.17) is 13.8 Å². The van der Waals surface area contributed by atoms with Crippen LogP contribution in [0.1, 0.15) is 0 Å². The standard InChI is InChI=1S/C59H34N4O7/c64-52-51(53(65)55(67)56(68)54(52)66)59-61-57(33-22-24-36-31(27-33)20-19-30-9-1-2-10-35(30)36)60-58(62-59)34-23-26-41-48(29-34)70-46-18-8-16-44(50(41)46)63-42-14-5-3-12-40(42)49-37(13-7-15-43(49)63)32-21-25-39-38-11-4-6-17-45(38)69-47(39)28-32/h1-29,64-68H. The molecule has 0 saturated heterocycles. The number of benzene rings is 10. The van der Waals surface area contributed by atoms with Crippen LogP contribution in [0.4, 0.5) is 0 Å². The maximum atomic E-state index is 11.1. The number of aromatic hydroxyl groups is 5. The van der Waals surface area contributed by atoms with Crippen LogP contribution >= 0.6 is 0 Å². The summed E-state index contributed by atoms with van der Waals surface area (Å²) in [6.45, 7) is 0. The molecule has 332 valence electrons. The van der Waals surface area contributed by atoms with E-state index in [0.29, 0.717) is 22.3 Å². The first-order valence-electron chi connectivity index (χ1n) is 22.5. The molecule has 0 atom stereocenters. The van der Waals surface area contributed by atoms with Gasteiger partial charge in [-0.15, -0.1) is 0 Å². The summed E-state index contributed by atoms with van der Waals surface area (Å²) in [5, 5.41) is 63.8. The van der Waals surface area contributed by atoms with Crippen LogP contribution in [0, 0.1) is 0 Å². The third kappa shape index (κ3) is 5.66. The van der Waals surface area contributed by atoms with Crippen molar-refractivity contribution in [1.82, 2.24) is 19.5 Å². The molecule has 10 aromatic carbocycles. The lowest BCUT2D eigenvalue weighted by atomic mass is 9.98. The van der Waals surface area contributed by atoms with E-state index in [1.165, 1.54) is 0 Å². The zero-order chi connectivity index (χ0) is 46.9. The Morgan fingerprint density at radius 1 is 0.343 bits per heavy atom. The fraction of sp³-hybridized carbons (Fsp3) is 0. The van der Waals surface area contributed by atoms with E-state index in [-0.39, 0.29) is 17.5 Å². The molecule has 14 rings (SSSR count). The van der Waals surface area contributed by atoms with E-state index < -0.39 is 34.3 Å². The molecule has 0 bridgehead atoms. The molecule has 0 aliphatic rings. The fourth-order valence-corrected chi connectivity index (χ4v) is 10.3. The number of para-hydroxylation sites is 2. The van der Waals surface area contributed by atoms with Gasteiger partial charge < -0.3 is 38.9 Å². The number of furan rings is 2. The zero-order valence-electron chi connectivity index (χ0n) is 36.6. The van der Waals surface area contributed by atoms with Gasteiger partial charge >= 0.3 is 0 Å². The molecule has 70 heavy (non-hydrogen) atoms. The highest BCUT2D eigenvalue weighted by molar-refractivity contribution is 6.19. The van der Waals surface area contributed by atoms with Crippen LogP contribution in [0.2, 0.25) is 0 Å². The predicted molar refractivity (Wildman–Crippen MR) is 274 cm³/mol. The predicted octanol–water partition coefficient (Wildman–Crippen LogP) is 14.3. The first-order chi connectivity index (χ1) is 34.3. The maximum Gasteiger partial charge on any atom is 0.208 e. The van der Waals surface area contributed by atoms with Gasteiger partial charge in [0.1, 0.15) is 27.9 Å². The summed E-state index contributed by atoms with van der Waals surface area (Å²) in [6.07, 6.45) is 0. The molecule has 4 aromatic heterocycles. The van der Waals surface area contributed by atoms with Crippen molar-refractivity contribution in [2.24, 2.45) is 0 Å². The van der Waals surface area contributed by atoms with Crippen molar-refractivity contribution in [2.75, 3.05) is 0 Å². The average Bonchev–Trinajstić information content (AvgIpc) is 4.08. The highest BCUT2D eigenvalue weighted by atomic mass is 16.4. The molecular weight excluding hydrogens is 877 g/mol. The second-order valence-corrected chi connectivity index (χ2v) is 17.5.